The quantitative estimate of drug-likeness (QED) is 0.637. The van der Waals surface area contributed by atoms with Crippen molar-refractivity contribution in [3.05, 3.63) is 35.9 Å². The number of methoxy groups -OCH3 is 3. The Morgan fingerprint density at radius 2 is 1.95 bits per heavy atom. The summed E-state index contributed by atoms with van der Waals surface area (Å²) in [7, 11) is 4.41. The van der Waals surface area contributed by atoms with Crippen LogP contribution >= 0.6 is 0 Å². The number of carbonyl (C=O) groups is 1. The fourth-order valence-electron chi connectivity index (χ4n) is 1.87. The summed E-state index contributed by atoms with van der Waals surface area (Å²) in [5.74, 6) is 0.398. The van der Waals surface area contributed by atoms with Gasteiger partial charge in [-0.25, -0.2) is 4.79 Å². The van der Waals surface area contributed by atoms with Crippen LogP contribution in [0.15, 0.2) is 30.4 Å². The molecular formula is C15H20O5. The second-order valence-electron chi connectivity index (χ2n) is 4.26. The molecule has 1 aromatic rings. The van der Waals surface area contributed by atoms with Crippen LogP contribution in [0, 0.1) is 0 Å². The van der Waals surface area contributed by atoms with Crippen LogP contribution in [0.3, 0.4) is 0 Å². The molecule has 0 saturated carbocycles. The lowest BCUT2D eigenvalue weighted by Gasteiger charge is -2.19. The third-order valence-corrected chi connectivity index (χ3v) is 2.96. The maximum absolute atomic E-state index is 11.2. The molecule has 0 aliphatic carbocycles. The summed E-state index contributed by atoms with van der Waals surface area (Å²) < 4.78 is 15.0. The number of hydrogen-bond acceptors (Lipinski definition) is 5. The maximum atomic E-state index is 11.2. The van der Waals surface area contributed by atoms with E-state index in [1.165, 1.54) is 13.2 Å². The predicted octanol–water partition coefficient (Wildman–Crippen LogP) is 1.90. The molecule has 0 spiro atoms. The van der Waals surface area contributed by atoms with Crippen molar-refractivity contribution in [3.8, 4) is 11.5 Å². The maximum Gasteiger partial charge on any atom is 0.330 e. The Bertz CT molecular complexity index is 479. The minimum Gasteiger partial charge on any atom is -0.497 e. The van der Waals surface area contributed by atoms with Gasteiger partial charge in [0, 0.05) is 23.6 Å². The highest BCUT2D eigenvalue weighted by atomic mass is 16.5. The number of carbonyl (C=O) groups excluding carboxylic acids is 1. The third-order valence-electron chi connectivity index (χ3n) is 2.96. The highest BCUT2D eigenvalue weighted by Crippen LogP contribution is 2.33. The molecular weight excluding hydrogens is 260 g/mol. The lowest BCUT2D eigenvalue weighted by molar-refractivity contribution is -0.134. The second-order valence-corrected chi connectivity index (χ2v) is 4.26. The molecule has 5 heteroatoms. The van der Waals surface area contributed by atoms with Gasteiger partial charge in [0.05, 0.1) is 27.4 Å². The molecule has 1 aromatic carbocycles. The first kappa shape index (κ1) is 16.0. The van der Waals surface area contributed by atoms with E-state index in [0.29, 0.717) is 11.5 Å². The second kappa shape index (κ2) is 7.55. The fraction of sp³-hybridized carbons (Fsp3) is 0.400. The zero-order valence-electron chi connectivity index (χ0n) is 12.1. The van der Waals surface area contributed by atoms with Gasteiger partial charge in [0.15, 0.2) is 0 Å². The molecule has 0 amide bonds. The summed E-state index contributed by atoms with van der Waals surface area (Å²) in [6.07, 6.45) is 2.21. The van der Waals surface area contributed by atoms with E-state index in [0.717, 1.165) is 5.56 Å². The Kier molecular flexibility index (Phi) is 6.06. The Labute approximate surface area is 118 Å². The predicted molar refractivity (Wildman–Crippen MR) is 75.1 cm³/mol. The molecule has 5 nitrogen and oxygen atoms in total. The van der Waals surface area contributed by atoms with E-state index >= 15 is 0 Å². The number of aliphatic hydroxyl groups excluding tert-OH is 1. The average molecular weight is 280 g/mol. The van der Waals surface area contributed by atoms with E-state index in [-0.39, 0.29) is 5.92 Å². The lowest BCUT2D eigenvalue weighted by atomic mass is 9.92. The molecule has 2 unspecified atom stereocenters. The van der Waals surface area contributed by atoms with Crippen molar-refractivity contribution in [3.63, 3.8) is 0 Å². The van der Waals surface area contributed by atoms with Crippen LogP contribution in [0.2, 0.25) is 0 Å². The summed E-state index contributed by atoms with van der Waals surface area (Å²) in [5, 5.41) is 9.91. The standard InChI is InChI=1S/C15H20O5/c1-10(16)12(7-8-15(17)20-4)13-6-5-11(18-2)9-14(13)19-3/h5-10,12,16H,1-4H3/b8-7+. The van der Waals surface area contributed by atoms with Gasteiger partial charge in [-0.05, 0) is 13.0 Å². The van der Waals surface area contributed by atoms with Crippen molar-refractivity contribution in [2.45, 2.75) is 18.9 Å². The van der Waals surface area contributed by atoms with Crippen molar-refractivity contribution in [1.29, 1.82) is 0 Å². The van der Waals surface area contributed by atoms with Crippen LogP contribution in [0.5, 0.6) is 11.5 Å². The molecule has 1 N–H and O–H groups in total. The molecule has 0 bridgehead atoms. The van der Waals surface area contributed by atoms with Gasteiger partial charge in [-0.2, -0.15) is 0 Å². The van der Waals surface area contributed by atoms with Crippen LogP contribution in [0.1, 0.15) is 18.4 Å². The SMILES string of the molecule is COC(=O)/C=C/C(c1ccc(OC)cc1OC)C(C)O. The van der Waals surface area contributed by atoms with Gasteiger partial charge in [0.1, 0.15) is 11.5 Å². The summed E-state index contributed by atoms with van der Waals surface area (Å²) in [6, 6.07) is 5.31. The number of aliphatic hydroxyl groups is 1. The summed E-state index contributed by atoms with van der Waals surface area (Å²) >= 11 is 0. The molecule has 20 heavy (non-hydrogen) atoms. The first-order valence-corrected chi connectivity index (χ1v) is 6.19. The van der Waals surface area contributed by atoms with Gasteiger partial charge in [0.25, 0.3) is 0 Å². The molecule has 0 aliphatic heterocycles. The highest BCUT2D eigenvalue weighted by Gasteiger charge is 2.19. The minimum absolute atomic E-state index is 0.380. The van der Waals surface area contributed by atoms with Crippen LogP contribution in [-0.4, -0.2) is 38.5 Å². The van der Waals surface area contributed by atoms with Crippen molar-refractivity contribution >= 4 is 5.97 Å². The Morgan fingerprint density at radius 3 is 2.45 bits per heavy atom. The fourth-order valence-corrected chi connectivity index (χ4v) is 1.87. The third kappa shape index (κ3) is 3.99. The topological polar surface area (TPSA) is 65.0 Å². The molecule has 1 rings (SSSR count). The molecule has 0 aromatic heterocycles. The molecule has 2 atom stereocenters. The van der Waals surface area contributed by atoms with Crippen molar-refractivity contribution in [1.82, 2.24) is 0 Å². The zero-order chi connectivity index (χ0) is 15.1. The molecule has 0 radical (unpaired) electrons. The van der Waals surface area contributed by atoms with E-state index in [2.05, 4.69) is 4.74 Å². The number of hydrogen-bond donors (Lipinski definition) is 1. The number of esters is 1. The van der Waals surface area contributed by atoms with Crippen LogP contribution in [-0.2, 0) is 9.53 Å². The summed E-state index contributed by atoms with van der Waals surface area (Å²) in [5.41, 5.74) is 0.767. The average Bonchev–Trinajstić information content (AvgIpc) is 2.46. The largest absolute Gasteiger partial charge is 0.497 e. The zero-order valence-corrected chi connectivity index (χ0v) is 12.1. The normalized spacial score (nSPS) is 13.8. The Balaban J connectivity index is 3.14. The van der Waals surface area contributed by atoms with Gasteiger partial charge >= 0.3 is 5.97 Å². The number of benzene rings is 1. The van der Waals surface area contributed by atoms with Crippen molar-refractivity contribution in [2.24, 2.45) is 0 Å². The number of ether oxygens (including phenoxy) is 3. The van der Waals surface area contributed by atoms with Gasteiger partial charge in [-0.3, -0.25) is 0 Å². The first-order valence-electron chi connectivity index (χ1n) is 6.19. The highest BCUT2D eigenvalue weighted by molar-refractivity contribution is 5.82. The molecule has 0 heterocycles. The number of rotatable bonds is 6. The lowest BCUT2D eigenvalue weighted by Crippen LogP contribution is -2.14. The van der Waals surface area contributed by atoms with Crippen molar-refractivity contribution in [2.75, 3.05) is 21.3 Å². The van der Waals surface area contributed by atoms with Gasteiger partial charge in [-0.15, -0.1) is 0 Å². The smallest absolute Gasteiger partial charge is 0.330 e. The molecule has 110 valence electrons. The monoisotopic (exact) mass is 280 g/mol. The Hall–Kier alpha value is -2.01. The van der Waals surface area contributed by atoms with E-state index in [1.54, 1.807) is 45.4 Å². The summed E-state index contributed by atoms with van der Waals surface area (Å²) in [6.45, 7) is 1.65. The molecule has 0 saturated heterocycles. The van der Waals surface area contributed by atoms with Crippen LogP contribution < -0.4 is 9.47 Å². The van der Waals surface area contributed by atoms with Gasteiger partial charge in [-0.1, -0.05) is 12.1 Å². The molecule has 0 aliphatic rings. The molecule has 0 fully saturated rings. The van der Waals surface area contributed by atoms with E-state index < -0.39 is 12.1 Å². The van der Waals surface area contributed by atoms with E-state index in [9.17, 15) is 9.90 Å². The minimum atomic E-state index is -0.682. The van der Waals surface area contributed by atoms with Gasteiger partial charge < -0.3 is 19.3 Å². The van der Waals surface area contributed by atoms with E-state index in [4.69, 9.17) is 9.47 Å². The van der Waals surface area contributed by atoms with Crippen LogP contribution in [0.4, 0.5) is 0 Å². The summed E-state index contributed by atoms with van der Waals surface area (Å²) in [4.78, 5) is 11.2. The van der Waals surface area contributed by atoms with Gasteiger partial charge in [0.2, 0.25) is 0 Å². The van der Waals surface area contributed by atoms with Crippen LogP contribution in [0.25, 0.3) is 0 Å². The first-order chi connectivity index (χ1) is 9.53. The van der Waals surface area contributed by atoms with E-state index in [1.807, 2.05) is 0 Å². The van der Waals surface area contributed by atoms with Crippen molar-refractivity contribution < 1.29 is 24.1 Å². The Morgan fingerprint density at radius 1 is 1.25 bits per heavy atom.